The van der Waals surface area contributed by atoms with Crippen molar-refractivity contribution < 1.29 is 0 Å². The first-order valence-corrected chi connectivity index (χ1v) is 6.55. The topological polar surface area (TPSA) is 42.1 Å². The van der Waals surface area contributed by atoms with Crippen LogP contribution in [-0.4, -0.2) is 18.6 Å². The number of nitrogen functional groups attached to an aromatic ring is 1. The third kappa shape index (κ3) is 1.95. The second kappa shape index (κ2) is 3.98. The first-order chi connectivity index (χ1) is 8.97. The van der Waals surface area contributed by atoms with Crippen LogP contribution in [0, 0.1) is 0 Å². The van der Waals surface area contributed by atoms with Crippen molar-refractivity contribution in [1.82, 2.24) is 4.98 Å². The summed E-state index contributed by atoms with van der Waals surface area (Å²) in [6.07, 6.45) is 1.83. The van der Waals surface area contributed by atoms with Crippen LogP contribution in [0.5, 0.6) is 0 Å². The highest BCUT2D eigenvalue weighted by Crippen LogP contribution is 2.41. The molecule has 0 atom stereocenters. The average Bonchev–Trinajstić information content (AvgIpc) is 2.60. The van der Waals surface area contributed by atoms with Gasteiger partial charge in [-0.05, 0) is 29.3 Å². The first-order valence-electron chi connectivity index (χ1n) is 6.55. The van der Waals surface area contributed by atoms with E-state index in [1.54, 1.807) is 0 Å². The van der Waals surface area contributed by atoms with Crippen molar-refractivity contribution in [3.05, 3.63) is 42.1 Å². The molecule has 0 fully saturated rings. The fraction of sp³-hybridized carbons (Fsp3) is 0.312. The predicted molar refractivity (Wildman–Crippen MR) is 80.4 cm³/mol. The minimum atomic E-state index is 0.224. The van der Waals surface area contributed by atoms with E-state index in [2.05, 4.69) is 49.0 Å². The van der Waals surface area contributed by atoms with Crippen LogP contribution in [0.2, 0.25) is 0 Å². The van der Waals surface area contributed by atoms with Crippen molar-refractivity contribution in [2.24, 2.45) is 0 Å². The van der Waals surface area contributed by atoms with Crippen LogP contribution in [0.3, 0.4) is 0 Å². The maximum Gasteiger partial charge on any atom is 0.123 e. The number of nitrogens with two attached hydrogens (primary N) is 1. The Morgan fingerprint density at radius 1 is 1.16 bits per heavy atom. The summed E-state index contributed by atoms with van der Waals surface area (Å²) in [6, 6.07) is 10.5. The Labute approximate surface area is 114 Å². The van der Waals surface area contributed by atoms with Crippen molar-refractivity contribution in [3.63, 3.8) is 0 Å². The van der Waals surface area contributed by atoms with Crippen molar-refractivity contribution >= 4 is 11.5 Å². The van der Waals surface area contributed by atoms with E-state index in [0.29, 0.717) is 5.82 Å². The maximum absolute atomic E-state index is 5.63. The number of anilines is 2. The van der Waals surface area contributed by atoms with Gasteiger partial charge in [0, 0.05) is 36.5 Å². The molecule has 1 aliphatic heterocycles. The zero-order valence-electron chi connectivity index (χ0n) is 11.6. The zero-order valence-corrected chi connectivity index (χ0v) is 11.6. The third-order valence-corrected chi connectivity index (χ3v) is 3.89. The molecule has 1 aromatic heterocycles. The molecule has 0 saturated heterocycles. The third-order valence-electron chi connectivity index (χ3n) is 3.89. The standard InChI is InChI=1S/C16H19N3/c1-16(2)10-19(3)14-8-11(4-6-13(14)16)12-5-7-15(17)18-9-12/h4-9H,10H2,1-3H3,(H2,17,18). The molecule has 0 aliphatic carbocycles. The first kappa shape index (κ1) is 12.0. The molecule has 3 nitrogen and oxygen atoms in total. The van der Waals surface area contributed by atoms with Crippen LogP contribution in [0.15, 0.2) is 36.5 Å². The molecule has 1 aromatic carbocycles. The van der Waals surface area contributed by atoms with Crippen LogP contribution in [0.1, 0.15) is 19.4 Å². The molecule has 2 aromatic rings. The number of rotatable bonds is 1. The Morgan fingerprint density at radius 2 is 1.89 bits per heavy atom. The minimum Gasteiger partial charge on any atom is -0.384 e. The van der Waals surface area contributed by atoms with E-state index in [1.165, 1.54) is 16.8 Å². The molecule has 3 rings (SSSR count). The molecule has 0 amide bonds. The lowest BCUT2D eigenvalue weighted by Gasteiger charge is -2.18. The van der Waals surface area contributed by atoms with Gasteiger partial charge >= 0.3 is 0 Å². The number of hydrogen-bond acceptors (Lipinski definition) is 3. The summed E-state index contributed by atoms with van der Waals surface area (Å²) in [4.78, 5) is 6.48. The van der Waals surface area contributed by atoms with Crippen LogP contribution < -0.4 is 10.6 Å². The Hall–Kier alpha value is -2.03. The highest BCUT2D eigenvalue weighted by atomic mass is 15.1. The smallest absolute Gasteiger partial charge is 0.123 e. The van der Waals surface area contributed by atoms with E-state index in [9.17, 15) is 0 Å². The molecular weight excluding hydrogens is 234 g/mol. The van der Waals surface area contributed by atoms with Crippen LogP contribution in [-0.2, 0) is 5.41 Å². The zero-order chi connectivity index (χ0) is 13.6. The lowest BCUT2D eigenvalue weighted by Crippen LogP contribution is -2.24. The van der Waals surface area contributed by atoms with Crippen molar-refractivity contribution in [2.45, 2.75) is 19.3 Å². The van der Waals surface area contributed by atoms with Crippen LogP contribution >= 0.6 is 0 Å². The quantitative estimate of drug-likeness (QED) is 0.849. The highest BCUT2D eigenvalue weighted by Gasteiger charge is 2.33. The van der Waals surface area contributed by atoms with Crippen LogP contribution in [0.25, 0.3) is 11.1 Å². The predicted octanol–water partition coefficient (Wildman–Crippen LogP) is 3.06. The van der Waals surface area contributed by atoms with Gasteiger partial charge in [-0.3, -0.25) is 0 Å². The lowest BCUT2D eigenvalue weighted by molar-refractivity contribution is 0.563. The molecule has 1 aliphatic rings. The summed E-state index contributed by atoms with van der Waals surface area (Å²) in [5, 5.41) is 0. The largest absolute Gasteiger partial charge is 0.384 e. The molecule has 98 valence electrons. The van der Waals surface area contributed by atoms with Gasteiger partial charge in [0.2, 0.25) is 0 Å². The van der Waals surface area contributed by atoms with E-state index in [1.807, 2.05) is 18.3 Å². The fourth-order valence-corrected chi connectivity index (χ4v) is 2.94. The van der Waals surface area contributed by atoms with Gasteiger partial charge in [-0.15, -0.1) is 0 Å². The lowest BCUT2D eigenvalue weighted by atomic mass is 9.86. The number of hydrogen-bond donors (Lipinski definition) is 1. The van der Waals surface area contributed by atoms with Gasteiger partial charge in [0.1, 0.15) is 5.82 Å². The molecule has 3 heteroatoms. The Kier molecular flexibility index (Phi) is 2.52. The van der Waals surface area contributed by atoms with E-state index in [4.69, 9.17) is 5.73 Å². The number of nitrogens with zero attached hydrogens (tertiary/aromatic N) is 2. The van der Waals surface area contributed by atoms with Gasteiger partial charge in [-0.2, -0.15) is 0 Å². The number of aromatic nitrogens is 1. The van der Waals surface area contributed by atoms with E-state index < -0.39 is 0 Å². The fourth-order valence-electron chi connectivity index (χ4n) is 2.94. The molecule has 0 bridgehead atoms. The van der Waals surface area contributed by atoms with Gasteiger partial charge in [0.25, 0.3) is 0 Å². The normalized spacial score (nSPS) is 16.5. The monoisotopic (exact) mass is 253 g/mol. The molecule has 0 spiro atoms. The molecular formula is C16H19N3. The van der Waals surface area contributed by atoms with Gasteiger partial charge in [0.05, 0.1) is 0 Å². The number of pyridine rings is 1. The van der Waals surface area contributed by atoms with Crippen LogP contribution in [0.4, 0.5) is 11.5 Å². The second-order valence-corrected chi connectivity index (χ2v) is 5.94. The summed E-state index contributed by atoms with van der Waals surface area (Å²) in [5.74, 6) is 0.558. The van der Waals surface area contributed by atoms with E-state index in [-0.39, 0.29) is 5.41 Å². The summed E-state index contributed by atoms with van der Waals surface area (Å²) < 4.78 is 0. The second-order valence-electron chi connectivity index (χ2n) is 5.94. The van der Waals surface area contributed by atoms with E-state index >= 15 is 0 Å². The summed E-state index contributed by atoms with van der Waals surface area (Å²) in [5.41, 5.74) is 10.9. The number of likely N-dealkylation sites (N-methyl/N-ethyl adjacent to an activating group) is 1. The highest BCUT2D eigenvalue weighted by molar-refractivity contribution is 5.73. The van der Waals surface area contributed by atoms with E-state index in [0.717, 1.165) is 12.1 Å². The minimum absolute atomic E-state index is 0.224. The molecule has 2 heterocycles. The van der Waals surface area contributed by atoms with Crippen molar-refractivity contribution in [3.8, 4) is 11.1 Å². The molecule has 0 unspecified atom stereocenters. The van der Waals surface area contributed by atoms with Gasteiger partial charge < -0.3 is 10.6 Å². The van der Waals surface area contributed by atoms with Gasteiger partial charge in [-0.25, -0.2) is 4.98 Å². The number of benzene rings is 1. The molecule has 0 radical (unpaired) electrons. The number of fused-ring (bicyclic) bond motifs is 1. The Bertz CT molecular complexity index is 614. The van der Waals surface area contributed by atoms with Gasteiger partial charge in [-0.1, -0.05) is 26.0 Å². The molecule has 19 heavy (non-hydrogen) atoms. The SMILES string of the molecule is CN1CC(C)(C)c2ccc(-c3ccc(N)nc3)cc21. The average molecular weight is 253 g/mol. The summed E-state index contributed by atoms with van der Waals surface area (Å²) in [6.45, 7) is 5.64. The summed E-state index contributed by atoms with van der Waals surface area (Å²) >= 11 is 0. The summed E-state index contributed by atoms with van der Waals surface area (Å²) in [7, 11) is 2.15. The molecule has 2 N–H and O–H groups in total. The van der Waals surface area contributed by atoms with Gasteiger partial charge in [0.15, 0.2) is 0 Å². The van der Waals surface area contributed by atoms with Crippen molar-refractivity contribution in [1.29, 1.82) is 0 Å². The Morgan fingerprint density at radius 3 is 2.58 bits per heavy atom. The van der Waals surface area contributed by atoms with Crippen molar-refractivity contribution in [2.75, 3.05) is 24.2 Å². The Balaban J connectivity index is 2.08. The maximum atomic E-state index is 5.63. The molecule has 0 saturated carbocycles.